The fourth-order valence-corrected chi connectivity index (χ4v) is 5.30. The number of hydrogen-bond donors (Lipinski definition) is 2. The number of nitrogens with one attached hydrogen (secondary N) is 2. The lowest BCUT2D eigenvalue weighted by Gasteiger charge is -2.12. The Morgan fingerprint density at radius 3 is 2.88 bits per heavy atom. The number of rotatable bonds is 5. The molecule has 0 aliphatic carbocycles. The molecule has 0 spiro atoms. The first-order valence-electron chi connectivity index (χ1n) is 8.55. The van der Waals surface area contributed by atoms with Crippen molar-refractivity contribution in [3.05, 3.63) is 42.4 Å². The summed E-state index contributed by atoms with van der Waals surface area (Å²) in [6.45, 7) is 3.59. The molecule has 3 aromatic rings. The van der Waals surface area contributed by atoms with E-state index in [2.05, 4.69) is 38.9 Å². The van der Waals surface area contributed by atoms with Gasteiger partial charge in [-0.1, -0.05) is 18.2 Å². The van der Waals surface area contributed by atoms with Gasteiger partial charge in [0.25, 0.3) is 0 Å². The molecule has 2 N–H and O–H groups in total. The molecule has 2 aromatic heterocycles. The van der Waals surface area contributed by atoms with Crippen LogP contribution in [0.15, 0.2) is 36.8 Å². The number of nitrogens with zero attached hydrogens (tertiary/aromatic N) is 2. The van der Waals surface area contributed by atoms with Gasteiger partial charge in [-0.15, -0.1) is 12.4 Å². The first-order valence-corrected chi connectivity index (χ1v) is 10.4. The number of benzene rings is 1. The molecule has 0 saturated carbocycles. The summed E-state index contributed by atoms with van der Waals surface area (Å²) in [5.41, 5.74) is 4.47. The van der Waals surface area contributed by atoms with Crippen LogP contribution in [-0.2, 0) is 16.4 Å². The lowest BCUT2D eigenvalue weighted by atomic mass is 10.1. The van der Waals surface area contributed by atoms with Crippen molar-refractivity contribution in [2.75, 3.05) is 18.1 Å². The zero-order valence-corrected chi connectivity index (χ0v) is 16.2. The molecule has 4 rings (SSSR count). The Hall–Kier alpha value is -1.83. The zero-order chi connectivity index (χ0) is 17.4. The number of H-pyrrole nitrogens is 1. The fraction of sp³-hybridized carbons (Fsp3) is 0.389. The molecular formula is C18H23ClN4O2S. The summed E-state index contributed by atoms with van der Waals surface area (Å²) in [7, 11) is -2.84. The highest BCUT2D eigenvalue weighted by atomic mass is 35.5. The highest BCUT2D eigenvalue weighted by Crippen LogP contribution is 2.29. The standard InChI is InChI=1S/C18H22N4O2S.ClH/c1-13-15-4-2-3-5-16(15)21-18(13)17-10-19-12-22(17)8-7-20-14-6-9-25(23,24)11-14;/h2-5,10,12,14,20-21H,6-9,11H2,1H3;1H. The Morgan fingerprint density at radius 1 is 1.35 bits per heavy atom. The summed E-state index contributed by atoms with van der Waals surface area (Å²) in [5.74, 6) is 0.556. The molecule has 3 heterocycles. The SMILES string of the molecule is Cc1c(-c2cncn2CCNC2CCS(=O)(=O)C2)[nH]c2ccccc12.Cl. The van der Waals surface area contributed by atoms with Gasteiger partial charge in [-0.05, 0) is 25.0 Å². The maximum atomic E-state index is 11.5. The summed E-state index contributed by atoms with van der Waals surface area (Å²) in [6.07, 6.45) is 4.41. The van der Waals surface area contributed by atoms with Crippen molar-refractivity contribution in [3.8, 4) is 11.4 Å². The maximum Gasteiger partial charge on any atom is 0.151 e. The Kier molecular flexibility index (Phi) is 5.41. The number of fused-ring (bicyclic) bond motifs is 1. The van der Waals surface area contributed by atoms with Gasteiger partial charge >= 0.3 is 0 Å². The van der Waals surface area contributed by atoms with E-state index in [0.717, 1.165) is 30.0 Å². The lowest BCUT2D eigenvalue weighted by molar-refractivity contribution is 0.521. The summed E-state index contributed by atoms with van der Waals surface area (Å²) < 4.78 is 25.2. The molecule has 6 nitrogen and oxygen atoms in total. The molecule has 140 valence electrons. The van der Waals surface area contributed by atoms with Crippen LogP contribution < -0.4 is 5.32 Å². The minimum Gasteiger partial charge on any atom is -0.353 e. The third-order valence-corrected chi connectivity index (χ3v) is 6.72. The molecule has 0 radical (unpaired) electrons. The van der Waals surface area contributed by atoms with E-state index < -0.39 is 9.84 Å². The van der Waals surface area contributed by atoms with Crippen LogP contribution in [-0.4, -0.2) is 47.0 Å². The van der Waals surface area contributed by atoms with Crippen LogP contribution in [0.2, 0.25) is 0 Å². The molecule has 1 aliphatic rings. The number of halogens is 1. The highest BCUT2D eigenvalue weighted by Gasteiger charge is 2.27. The van der Waals surface area contributed by atoms with E-state index in [-0.39, 0.29) is 24.2 Å². The summed E-state index contributed by atoms with van der Waals surface area (Å²) in [4.78, 5) is 7.79. The molecule has 8 heteroatoms. The number of hydrogen-bond acceptors (Lipinski definition) is 4. The summed E-state index contributed by atoms with van der Waals surface area (Å²) in [6, 6.07) is 8.34. The van der Waals surface area contributed by atoms with Crippen molar-refractivity contribution in [3.63, 3.8) is 0 Å². The van der Waals surface area contributed by atoms with Crippen molar-refractivity contribution < 1.29 is 8.42 Å². The van der Waals surface area contributed by atoms with E-state index in [0.29, 0.717) is 12.2 Å². The van der Waals surface area contributed by atoms with E-state index in [9.17, 15) is 8.42 Å². The number of aryl methyl sites for hydroxylation is 1. The van der Waals surface area contributed by atoms with Gasteiger partial charge in [0.15, 0.2) is 9.84 Å². The van der Waals surface area contributed by atoms with Crippen LogP contribution in [0.3, 0.4) is 0 Å². The van der Waals surface area contributed by atoms with E-state index >= 15 is 0 Å². The number of imidazole rings is 1. The topological polar surface area (TPSA) is 79.8 Å². The van der Waals surface area contributed by atoms with Gasteiger partial charge in [0, 0.05) is 30.0 Å². The molecule has 1 aliphatic heterocycles. The predicted molar refractivity (Wildman–Crippen MR) is 107 cm³/mol. The minimum absolute atomic E-state index is 0. The lowest BCUT2D eigenvalue weighted by Crippen LogP contribution is -2.32. The second-order valence-electron chi connectivity index (χ2n) is 6.70. The summed E-state index contributed by atoms with van der Waals surface area (Å²) in [5, 5.41) is 4.58. The van der Waals surface area contributed by atoms with Crippen LogP contribution in [0.1, 0.15) is 12.0 Å². The normalized spacial score (nSPS) is 18.9. The van der Waals surface area contributed by atoms with Gasteiger partial charge in [0.2, 0.25) is 0 Å². The van der Waals surface area contributed by atoms with Gasteiger partial charge < -0.3 is 14.9 Å². The molecule has 0 amide bonds. The van der Waals surface area contributed by atoms with Gasteiger partial charge in [-0.2, -0.15) is 0 Å². The second-order valence-corrected chi connectivity index (χ2v) is 8.93. The molecule has 1 aromatic carbocycles. The van der Waals surface area contributed by atoms with E-state index in [1.165, 1.54) is 10.9 Å². The first-order chi connectivity index (χ1) is 12.0. The quantitative estimate of drug-likeness (QED) is 0.696. The molecular weight excluding hydrogens is 372 g/mol. The molecule has 0 bridgehead atoms. The first kappa shape index (κ1) is 18.9. The largest absolute Gasteiger partial charge is 0.353 e. The molecule has 1 saturated heterocycles. The predicted octanol–water partition coefficient (Wildman–Crippen LogP) is 2.54. The van der Waals surface area contributed by atoms with E-state index in [1.807, 2.05) is 24.7 Å². The van der Waals surface area contributed by atoms with Gasteiger partial charge in [0.05, 0.1) is 35.4 Å². The van der Waals surface area contributed by atoms with Crippen molar-refractivity contribution in [2.24, 2.45) is 0 Å². The molecule has 1 unspecified atom stereocenters. The fourth-order valence-electron chi connectivity index (χ4n) is 3.59. The minimum atomic E-state index is -2.84. The van der Waals surface area contributed by atoms with Crippen LogP contribution in [0, 0.1) is 6.92 Å². The van der Waals surface area contributed by atoms with Crippen LogP contribution in [0.5, 0.6) is 0 Å². The number of aromatic nitrogens is 3. The molecule has 1 atom stereocenters. The number of sulfone groups is 1. The Balaban J connectivity index is 0.00000196. The second kappa shape index (κ2) is 7.42. The van der Waals surface area contributed by atoms with Gasteiger partial charge in [0.1, 0.15) is 0 Å². The van der Waals surface area contributed by atoms with Crippen molar-refractivity contribution in [1.82, 2.24) is 19.9 Å². The maximum absolute atomic E-state index is 11.5. The van der Waals surface area contributed by atoms with Crippen molar-refractivity contribution in [1.29, 1.82) is 0 Å². The van der Waals surface area contributed by atoms with Gasteiger partial charge in [-0.3, -0.25) is 0 Å². The average Bonchev–Trinajstić information content (AvgIpc) is 3.26. The van der Waals surface area contributed by atoms with Crippen molar-refractivity contribution >= 4 is 33.1 Å². The smallest absolute Gasteiger partial charge is 0.151 e. The highest BCUT2D eigenvalue weighted by molar-refractivity contribution is 7.91. The van der Waals surface area contributed by atoms with E-state index in [4.69, 9.17) is 0 Å². The Bertz CT molecular complexity index is 1010. The third-order valence-electron chi connectivity index (χ3n) is 4.95. The molecule has 1 fully saturated rings. The monoisotopic (exact) mass is 394 g/mol. The Labute approximate surface area is 159 Å². The van der Waals surface area contributed by atoms with E-state index in [1.54, 1.807) is 0 Å². The molecule has 26 heavy (non-hydrogen) atoms. The third kappa shape index (κ3) is 3.65. The summed E-state index contributed by atoms with van der Waals surface area (Å²) >= 11 is 0. The zero-order valence-electron chi connectivity index (χ0n) is 14.6. The Morgan fingerprint density at radius 2 is 2.15 bits per heavy atom. The van der Waals surface area contributed by atoms with Gasteiger partial charge in [-0.25, -0.2) is 13.4 Å². The van der Waals surface area contributed by atoms with Crippen LogP contribution >= 0.6 is 12.4 Å². The van der Waals surface area contributed by atoms with Crippen LogP contribution in [0.4, 0.5) is 0 Å². The average molecular weight is 395 g/mol. The van der Waals surface area contributed by atoms with Crippen molar-refractivity contribution in [2.45, 2.75) is 25.9 Å². The number of aromatic amines is 1. The van der Waals surface area contributed by atoms with Crippen LogP contribution in [0.25, 0.3) is 22.3 Å². The number of para-hydroxylation sites is 1.